The molecule has 0 radical (unpaired) electrons. The Balaban J connectivity index is 1.51. The first-order valence-electron chi connectivity index (χ1n) is 13.8. The first kappa shape index (κ1) is 31.6. The summed E-state index contributed by atoms with van der Waals surface area (Å²) in [6.45, 7) is 4.49. The zero-order valence-electron chi connectivity index (χ0n) is 24.7. The molecule has 1 atom stereocenters. The lowest BCUT2D eigenvalue weighted by Crippen LogP contribution is -2.39. The second-order valence-corrected chi connectivity index (χ2v) is 10.6. The third-order valence-electron chi connectivity index (χ3n) is 6.76. The minimum atomic E-state index is -0.853. The Kier molecular flexibility index (Phi) is 9.23. The normalized spacial score (nSPS) is 14.0. The SMILES string of the molecule is CCOc1ccc([C@@H]2C(C(=O)OC)=CN=c3s/c(=C\c4ccc(Oc5ccc([N+](=O)[O-])cc5[N+](=O)[O-])cc4)c(=O)n32)cc1OCC. The second kappa shape index (κ2) is 13.4. The van der Waals surface area contributed by atoms with Crippen LogP contribution in [0.5, 0.6) is 23.0 Å². The van der Waals surface area contributed by atoms with Crippen molar-refractivity contribution in [2.45, 2.75) is 19.9 Å². The molecule has 1 aliphatic rings. The molecule has 0 saturated carbocycles. The van der Waals surface area contributed by atoms with E-state index in [4.69, 9.17) is 18.9 Å². The average molecular weight is 647 g/mol. The topological polar surface area (TPSA) is 175 Å². The molecule has 5 rings (SSSR count). The number of rotatable bonds is 11. The van der Waals surface area contributed by atoms with E-state index in [0.717, 1.165) is 29.5 Å². The van der Waals surface area contributed by atoms with Gasteiger partial charge in [0.1, 0.15) is 5.75 Å². The summed E-state index contributed by atoms with van der Waals surface area (Å²) in [5.41, 5.74) is -0.0192. The van der Waals surface area contributed by atoms with E-state index >= 15 is 0 Å². The van der Waals surface area contributed by atoms with Crippen molar-refractivity contribution in [2.75, 3.05) is 20.3 Å². The molecule has 0 spiro atoms. The van der Waals surface area contributed by atoms with Gasteiger partial charge in [-0.3, -0.25) is 29.6 Å². The van der Waals surface area contributed by atoms with E-state index in [9.17, 15) is 29.8 Å². The largest absolute Gasteiger partial charge is 0.490 e. The monoisotopic (exact) mass is 646 g/mol. The van der Waals surface area contributed by atoms with Crippen LogP contribution in [0.3, 0.4) is 0 Å². The zero-order valence-corrected chi connectivity index (χ0v) is 25.5. The Morgan fingerprint density at radius 1 is 0.957 bits per heavy atom. The molecule has 0 unspecified atom stereocenters. The van der Waals surface area contributed by atoms with E-state index in [1.165, 1.54) is 17.9 Å². The number of carbonyl (C=O) groups is 1. The highest BCUT2D eigenvalue weighted by atomic mass is 32.1. The van der Waals surface area contributed by atoms with E-state index in [0.29, 0.717) is 45.2 Å². The van der Waals surface area contributed by atoms with Crippen molar-refractivity contribution in [3.63, 3.8) is 0 Å². The highest BCUT2D eigenvalue weighted by molar-refractivity contribution is 7.07. The minimum absolute atomic E-state index is 0.162. The molecule has 0 N–H and O–H groups in total. The molecule has 2 heterocycles. The van der Waals surface area contributed by atoms with Gasteiger partial charge in [0, 0.05) is 12.3 Å². The number of nitro benzene ring substituents is 2. The van der Waals surface area contributed by atoms with Crippen molar-refractivity contribution < 1.29 is 33.6 Å². The summed E-state index contributed by atoms with van der Waals surface area (Å²) in [6.07, 6.45) is 3.04. The van der Waals surface area contributed by atoms with E-state index < -0.39 is 38.8 Å². The maximum absolute atomic E-state index is 13.8. The van der Waals surface area contributed by atoms with Crippen LogP contribution in [0.4, 0.5) is 11.4 Å². The van der Waals surface area contributed by atoms with Crippen LogP contribution in [0.15, 0.2) is 82.2 Å². The Morgan fingerprint density at radius 3 is 2.30 bits per heavy atom. The standard InChI is InChI=1S/C31H26N4O10S/c1-4-43-25-12-8-19(15-26(25)44-5-2)28-22(30(37)42-3)17-32-31-33(28)29(36)27(46-31)14-18-6-10-21(11-7-18)45-24-13-9-20(34(38)39)16-23(24)35(40)41/h6-17,28H,4-5H2,1-3H3/b27-14-/t28-/m1/s1. The van der Waals surface area contributed by atoms with Crippen LogP contribution >= 0.6 is 11.3 Å². The minimum Gasteiger partial charge on any atom is -0.490 e. The fraction of sp³-hybridized carbons (Fsp3) is 0.194. The number of thiazole rings is 1. The number of methoxy groups -OCH3 is 1. The molecule has 0 amide bonds. The van der Waals surface area contributed by atoms with E-state index in [1.807, 2.05) is 13.8 Å². The fourth-order valence-corrected chi connectivity index (χ4v) is 5.72. The summed E-state index contributed by atoms with van der Waals surface area (Å²) < 4.78 is 23.9. The van der Waals surface area contributed by atoms with Gasteiger partial charge < -0.3 is 18.9 Å². The van der Waals surface area contributed by atoms with Crippen molar-refractivity contribution in [1.29, 1.82) is 0 Å². The van der Waals surface area contributed by atoms with Gasteiger partial charge >= 0.3 is 11.7 Å². The van der Waals surface area contributed by atoms with Crippen LogP contribution in [-0.2, 0) is 9.53 Å². The van der Waals surface area contributed by atoms with Crippen LogP contribution in [0, 0.1) is 20.2 Å². The molecule has 14 nitrogen and oxygen atoms in total. The van der Waals surface area contributed by atoms with Crippen LogP contribution in [0.1, 0.15) is 31.0 Å². The van der Waals surface area contributed by atoms with Crippen LogP contribution < -0.4 is 29.1 Å². The third-order valence-corrected chi connectivity index (χ3v) is 7.76. The number of hydrogen-bond donors (Lipinski definition) is 0. The first-order valence-corrected chi connectivity index (χ1v) is 14.7. The highest BCUT2D eigenvalue weighted by Gasteiger charge is 2.31. The summed E-state index contributed by atoms with van der Waals surface area (Å²) in [6, 6.07) is 13.8. The molecule has 46 heavy (non-hydrogen) atoms. The summed E-state index contributed by atoms with van der Waals surface area (Å²) in [5.74, 6) is 0.420. The van der Waals surface area contributed by atoms with Gasteiger partial charge in [-0.1, -0.05) is 29.5 Å². The van der Waals surface area contributed by atoms with Crippen molar-refractivity contribution in [3.05, 3.63) is 123 Å². The predicted octanol–water partition coefficient (Wildman–Crippen LogP) is 4.42. The number of nitrogens with zero attached hydrogens (tertiary/aromatic N) is 4. The smallest absolute Gasteiger partial charge is 0.337 e. The molecule has 236 valence electrons. The lowest BCUT2D eigenvalue weighted by Gasteiger charge is -2.23. The van der Waals surface area contributed by atoms with Gasteiger partial charge in [-0.25, -0.2) is 9.79 Å². The molecule has 1 aromatic heterocycles. The molecule has 0 bridgehead atoms. The maximum Gasteiger partial charge on any atom is 0.337 e. The first-order chi connectivity index (χ1) is 22.1. The summed E-state index contributed by atoms with van der Waals surface area (Å²) in [7, 11) is 1.25. The summed E-state index contributed by atoms with van der Waals surface area (Å²) in [5, 5.41) is 22.5. The second-order valence-electron chi connectivity index (χ2n) is 9.59. The predicted molar refractivity (Wildman–Crippen MR) is 166 cm³/mol. The number of ether oxygens (including phenoxy) is 4. The van der Waals surface area contributed by atoms with E-state index in [1.54, 1.807) is 48.5 Å². The Labute approximate surface area is 264 Å². The molecule has 0 saturated heterocycles. The van der Waals surface area contributed by atoms with E-state index in [2.05, 4.69) is 4.99 Å². The molecular formula is C31H26N4O10S. The van der Waals surface area contributed by atoms with Gasteiger partial charge in [0.05, 0.1) is 52.4 Å². The highest BCUT2D eigenvalue weighted by Crippen LogP contribution is 2.36. The third kappa shape index (κ3) is 6.34. The van der Waals surface area contributed by atoms with Gasteiger partial charge in [0.25, 0.3) is 11.2 Å². The number of nitro groups is 2. The fourth-order valence-electron chi connectivity index (χ4n) is 4.75. The van der Waals surface area contributed by atoms with Crippen molar-refractivity contribution >= 4 is 34.8 Å². The average Bonchev–Trinajstić information content (AvgIpc) is 3.36. The molecule has 4 aromatic rings. The van der Waals surface area contributed by atoms with Gasteiger partial charge in [-0.05, 0) is 61.4 Å². The van der Waals surface area contributed by atoms with Gasteiger partial charge in [0.2, 0.25) is 5.75 Å². The molecule has 0 fully saturated rings. The van der Waals surface area contributed by atoms with Crippen LogP contribution in [0.25, 0.3) is 6.08 Å². The number of esters is 1. The van der Waals surface area contributed by atoms with Gasteiger partial charge in [-0.15, -0.1) is 0 Å². The lowest BCUT2D eigenvalue weighted by atomic mass is 9.97. The van der Waals surface area contributed by atoms with Crippen LogP contribution in [0.2, 0.25) is 0 Å². The zero-order chi connectivity index (χ0) is 33.0. The Bertz CT molecular complexity index is 2050. The van der Waals surface area contributed by atoms with Crippen molar-refractivity contribution in [3.8, 4) is 23.0 Å². The Hall–Kier alpha value is -5.83. The Morgan fingerprint density at radius 2 is 1.65 bits per heavy atom. The quantitative estimate of drug-likeness (QED) is 0.129. The van der Waals surface area contributed by atoms with Gasteiger partial charge in [-0.2, -0.15) is 0 Å². The number of non-ortho nitro benzene ring substituents is 1. The number of benzene rings is 3. The molecule has 15 heteroatoms. The van der Waals surface area contributed by atoms with Crippen molar-refractivity contribution in [2.24, 2.45) is 4.99 Å². The van der Waals surface area contributed by atoms with Crippen LogP contribution in [-0.4, -0.2) is 40.7 Å². The van der Waals surface area contributed by atoms with Gasteiger partial charge in [0.15, 0.2) is 16.3 Å². The molecule has 0 aliphatic carbocycles. The number of hydrogen-bond acceptors (Lipinski definition) is 12. The maximum atomic E-state index is 13.8. The lowest BCUT2D eigenvalue weighted by molar-refractivity contribution is -0.394. The molecular weight excluding hydrogens is 620 g/mol. The van der Waals surface area contributed by atoms with E-state index in [-0.39, 0.29) is 17.1 Å². The summed E-state index contributed by atoms with van der Waals surface area (Å²) in [4.78, 5) is 52.4. The number of carbonyl (C=O) groups excluding carboxylic acids is 1. The molecule has 1 aliphatic heterocycles. The number of fused-ring (bicyclic) bond motifs is 1. The number of aromatic nitrogens is 1. The summed E-state index contributed by atoms with van der Waals surface area (Å²) >= 11 is 1.13. The van der Waals surface area contributed by atoms with Crippen molar-refractivity contribution in [1.82, 2.24) is 4.57 Å². The molecule has 3 aromatic carbocycles.